The van der Waals surface area contributed by atoms with Crippen molar-refractivity contribution < 1.29 is 20.1 Å². The number of benzene rings is 1. The maximum absolute atomic E-state index is 10.7. The first-order valence-corrected chi connectivity index (χ1v) is 11.1. The molecule has 29 heavy (non-hydrogen) atoms. The fourth-order valence-electron chi connectivity index (χ4n) is 3.05. The molecule has 1 saturated heterocycles. The first-order valence-electron chi connectivity index (χ1n) is 8.57. The van der Waals surface area contributed by atoms with Gasteiger partial charge in [-0.1, -0.05) is 51.5 Å². The second-order valence-corrected chi connectivity index (χ2v) is 9.26. The molecule has 0 spiro atoms. The van der Waals surface area contributed by atoms with Crippen molar-refractivity contribution in [1.82, 2.24) is 20.0 Å². The zero-order valence-electron chi connectivity index (χ0n) is 14.7. The molecule has 0 saturated carbocycles. The predicted octanol–water partition coefficient (Wildman–Crippen LogP) is 3.22. The number of hydrogen-bond donors (Lipinski definition) is 3. The quantitative estimate of drug-likeness (QED) is 0.516. The van der Waals surface area contributed by atoms with Crippen LogP contribution in [0.1, 0.15) is 12.5 Å². The Bertz CT molecular complexity index is 1000. The van der Waals surface area contributed by atoms with Gasteiger partial charge >= 0.3 is 0 Å². The molecule has 12 heteroatoms. The van der Waals surface area contributed by atoms with Crippen LogP contribution in [-0.2, 0) is 4.74 Å². The van der Waals surface area contributed by atoms with Crippen LogP contribution in [0.3, 0.4) is 0 Å². The normalized spacial score (nSPS) is 24.7. The third kappa shape index (κ3) is 4.53. The zero-order chi connectivity index (χ0) is 20.5. The average molecular weight is 475 g/mol. The molecule has 0 bridgehead atoms. The smallest absolute Gasteiger partial charge is 0.271 e. The van der Waals surface area contributed by atoms with Gasteiger partial charge in [0.25, 0.3) is 5.19 Å². The van der Waals surface area contributed by atoms with Crippen LogP contribution in [-0.4, -0.2) is 59.5 Å². The van der Waals surface area contributed by atoms with E-state index in [1.807, 2.05) is 6.07 Å². The first-order chi connectivity index (χ1) is 13.9. The molecule has 3 aromatic rings. The summed E-state index contributed by atoms with van der Waals surface area (Å²) in [6, 6.07) is 4.82. The molecular weight excluding hydrogens is 459 g/mol. The Morgan fingerprint density at radius 1 is 1.28 bits per heavy atom. The van der Waals surface area contributed by atoms with E-state index in [4.69, 9.17) is 27.9 Å². The number of nitrogens with zero attached hydrogens (tertiary/aromatic N) is 4. The topological polar surface area (TPSA) is 114 Å². The SMILES string of the molecule is OC[C@H]1O[C@H](Sc2ccc(Cl)c(Cl)c2)C[C@@H](n2cc(-c3csc(O)n3)nn2)[C@H]1O. The molecule has 0 unspecified atom stereocenters. The summed E-state index contributed by atoms with van der Waals surface area (Å²) in [7, 11) is 0. The Morgan fingerprint density at radius 3 is 2.79 bits per heavy atom. The molecule has 2 aromatic heterocycles. The van der Waals surface area contributed by atoms with Gasteiger partial charge in [0.1, 0.15) is 29.0 Å². The number of aliphatic hydroxyl groups is 2. The number of ether oxygens (including phenoxy) is 1. The molecule has 3 N–H and O–H groups in total. The number of halogens is 2. The average Bonchev–Trinajstić information content (AvgIpc) is 3.35. The second-order valence-electron chi connectivity index (χ2n) is 6.37. The van der Waals surface area contributed by atoms with Gasteiger partial charge in [0, 0.05) is 16.7 Å². The van der Waals surface area contributed by atoms with Gasteiger partial charge in [-0.15, -0.1) is 5.10 Å². The molecular formula is C17H16Cl2N4O4S2. The maximum atomic E-state index is 10.7. The highest BCUT2D eigenvalue weighted by atomic mass is 35.5. The lowest BCUT2D eigenvalue weighted by Crippen LogP contribution is -2.47. The van der Waals surface area contributed by atoms with Crippen molar-refractivity contribution in [2.45, 2.75) is 35.0 Å². The number of aromatic nitrogens is 4. The van der Waals surface area contributed by atoms with E-state index in [-0.39, 0.29) is 17.2 Å². The van der Waals surface area contributed by atoms with E-state index in [9.17, 15) is 15.3 Å². The highest BCUT2D eigenvalue weighted by Gasteiger charge is 2.39. The van der Waals surface area contributed by atoms with E-state index < -0.39 is 18.2 Å². The standard InChI is InChI=1S/C17H16Cl2N4O4S2/c18-9-2-1-8(3-10(9)19)29-15-4-13(16(25)14(6-24)27-15)23-5-11(21-22-23)12-7-28-17(26)20-12/h1-3,5,7,13-16,24-25H,4,6H2,(H,20,26)/t13-,14-,15-,16-/m1/s1. The third-order valence-electron chi connectivity index (χ3n) is 4.48. The van der Waals surface area contributed by atoms with Crippen LogP contribution in [0.15, 0.2) is 34.7 Å². The number of hydrogen-bond acceptors (Lipinski definition) is 9. The van der Waals surface area contributed by atoms with Crippen molar-refractivity contribution in [3.8, 4) is 16.6 Å². The molecule has 4 atom stereocenters. The minimum Gasteiger partial charge on any atom is -0.486 e. The summed E-state index contributed by atoms with van der Waals surface area (Å²) in [4.78, 5) is 4.83. The lowest BCUT2D eigenvalue weighted by Gasteiger charge is -2.38. The van der Waals surface area contributed by atoms with Crippen molar-refractivity contribution in [1.29, 1.82) is 0 Å². The zero-order valence-corrected chi connectivity index (χ0v) is 17.9. The minimum absolute atomic E-state index is 0.0564. The largest absolute Gasteiger partial charge is 0.486 e. The molecule has 1 aromatic carbocycles. The van der Waals surface area contributed by atoms with Crippen LogP contribution in [0.4, 0.5) is 0 Å². The molecule has 1 fully saturated rings. The minimum atomic E-state index is -0.968. The molecule has 4 rings (SSSR count). The van der Waals surface area contributed by atoms with E-state index in [1.165, 1.54) is 11.8 Å². The van der Waals surface area contributed by atoms with Crippen molar-refractivity contribution in [2.75, 3.05) is 6.61 Å². The van der Waals surface area contributed by atoms with E-state index in [2.05, 4.69) is 15.3 Å². The lowest BCUT2D eigenvalue weighted by molar-refractivity contribution is -0.130. The Kier molecular flexibility index (Phi) is 6.30. The van der Waals surface area contributed by atoms with Gasteiger partial charge in [0.15, 0.2) is 0 Å². The summed E-state index contributed by atoms with van der Waals surface area (Å²) >= 11 is 14.6. The first kappa shape index (κ1) is 20.9. The molecule has 8 nitrogen and oxygen atoms in total. The summed E-state index contributed by atoms with van der Waals surface area (Å²) in [5, 5.41) is 40.5. The van der Waals surface area contributed by atoms with Gasteiger partial charge in [-0.05, 0) is 18.2 Å². The van der Waals surface area contributed by atoms with Crippen LogP contribution in [0.2, 0.25) is 10.0 Å². The molecule has 0 radical (unpaired) electrons. The van der Waals surface area contributed by atoms with E-state index in [0.29, 0.717) is 27.9 Å². The van der Waals surface area contributed by atoms with Crippen LogP contribution >= 0.6 is 46.3 Å². The maximum Gasteiger partial charge on any atom is 0.271 e. The second kappa shape index (κ2) is 8.76. The van der Waals surface area contributed by atoms with Gasteiger partial charge in [0.2, 0.25) is 0 Å². The van der Waals surface area contributed by atoms with Crippen molar-refractivity contribution >= 4 is 46.3 Å². The monoisotopic (exact) mass is 474 g/mol. The van der Waals surface area contributed by atoms with Crippen LogP contribution in [0.5, 0.6) is 5.19 Å². The molecule has 0 aliphatic carbocycles. The number of rotatable bonds is 5. The van der Waals surface area contributed by atoms with Crippen molar-refractivity contribution in [3.63, 3.8) is 0 Å². The fraction of sp³-hybridized carbons (Fsp3) is 0.353. The van der Waals surface area contributed by atoms with Crippen molar-refractivity contribution in [3.05, 3.63) is 39.8 Å². The van der Waals surface area contributed by atoms with Crippen molar-refractivity contribution in [2.24, 2.45) is 0 Å². The molecule has 3 heterocycles. The molecule has 1 aliphatic rings. The Labute approximate surface area is 184 Å². The number of aliphatic hydroxyl groups excluding tert-OH is 2. The van der Waals surface area contributed by atoms with Crippen LogP contribution < -0.4 is 0 Å². The van der Waals surface area contributed by atoms with E-state index in [1.54, 1.807) is 28.4 Å². The number of thiazole rings is 1. The highest BCUT2D eigenvalue weighted by molar-refractivity contribution is 7.99. The predicted molar refractivity (Wildman–Crippen MR) is 111 cm³/mol. The molecule has 1 aliphatic heterocycles. The van der Waals surface area contributed by atoms with Gasteiger partial charge in [-0.3, -0.25) is 0 Å². The lowest BCUT2D eigenvalue weighted by atomic mass is 10.00. The number of aromatic hydroxyl groups is 1. The Morgan fingerprint density at radius 2 is 2.10 bits per heavy atom. The highest BCUT2D eigenvalue weighted by Crippen LogP contribution is 2.39. The summed E-state index contributed by atoms with van der Waals surface area (Å²) < 4.78 is 7.40. The summed E-state index contributed by atoms with van der Waals surface area (Å²) in [6.07, 6.45) is 0.338. The third-order valence-corrected chi connectivity index (χ3v) is 6.95. The summed E-state index contributed by atoms with van der Waals surface area (Å²) in [6.45, 7) is -0.336. The fourth-order valence-corrected chi connectivity index (χ4v) is 5.08. The van der Waals surface area contributed by atoms with Gasteiger partial charge in [-0.2, -0.15) is 0 Å². The van der Waals surface area contributed by atoms with E-state index in [0.717, 1.165) is 16.2 Å². The summed E-state index contributed by atoms with van der Waals surface area (Å²) in [5.74, 6) is 0. The van der Waals surface area contributed by atoms with Crippen LogP contribution in [0.25, 0.3) is 11.4 Å². The van der Waals surface area contributed by atoms with Gasteiger partial charge in [0.05, 0.1) is 28.9 Å². The Balaban J connectivity index is 1.55. The summed E-state index contributed by atoms with van der Waals surface area (Å²) in [5.41, 5.74) is 0.629. The molecule has 154 valence electrons. The van der Waals surface area contributed by atoms with Gasteiger partial charge in [-0.25, -0.2) is 9.67 Å². The Hall–Kier alpha value is -1.40. The van der Waals surface area contributed by atoms with Gasteiger partial charge < -0.3 is 20.1 Å². The molecule has 0 amide bonds. The van der Waals surface area contributed by atoms with Crippen LogP contribution in [0, 0.1) is 0 Å². The van der Waals surface area contributed by atoms with E-state index >= 15 is 0 Å². The number of thioether (sulfide) groups is 1.